The zero-order valence-electron chi connectivity index (χ0n) is 10.9. The van der Waals surface area contributed by atoms with Crippen molar-refractivity contribution in [3.05, 3.63) is 52.6 Å². The minimum absolute atomic E-state index is 0.0338. The van der Waals surface area contributed by atoms with Crippen molar-refractivity contribution in [2.24, 2.45) is 0 Å². The number of nitrogens with two attached hydrogens (primary N) is 1. The zero-order valence-corrected chi connectivity index (χ0v) is 11.7. The molecule has 3 N–H and O–H groups in total. The normalized spacial score (nSPS) is 13.7. The molecule has 2 aromatic rings. The number of phenolic OH excluding ortho intramolecular Hbond substituents is 1. The number of rotatable bonds is 1. The van der Waals surface area contributed by atoms with Gasteiger partial charge < -0.3 is 15.4 Å². The average Bonchev–Trinajstić information content (AvgIpc) is 2.45. The van der Waals surface area contributed by atoms with Gasteiger partial charge in [-0.3, -0.25) is 9.59 Å². The van der Waals surface area contributed by atoms with Gasteiger partial charge in [-0.25, -0.2) is 8.42 Å². The quantitative estimate of drug-likeness (QED) is 0.381. The summed E-state index contributed by atoms with van der Waals surface area (Å²) in [4.78, 5) is 23.9. The lowest BCUT2D eigenvalue weighted by Crippen LogP contribution is -2.23. The first-order valence-corrected chi connectivity index (χ1v) is 7.44. The van der Waals surface area contributed by atoms with Gasteiger partial charge in [0, 0.05) is 17.2 Å². The second-order valence-corrected chi connectivity index (χ2v) is 6.06. The molecular weight excluding hydrogens is 310 g/mol. The summed E-state index contributed by atoms with van der Waals surface area (Å²) in [6, 6.07) is 6.46. The van der Waals surface area contributed by atoms with Crippen molar-refractivity contribution in [3.8, 4) is 5.75 Å². The van der Waals surface area contributed by atoms with Crippen molar-refractivity contribution in [3.63, 3.8) is 0 Å². The summed E-state index contributed by atoms with van der Waals surface area (Å²) in [7, 11) is -5.01. The molecule has 0 aliphatic heterocycles. The number of ketones is 2. The topological polar surface area (TPSA) is 138 Å². The fourth-order valence-electron chi connectivity index (χ4n) is 2.48. The van der Waals surface area contributed by atoms with Crippen molar-refractivity contribution in [2.75, 3.05) is 5.73 Å². The molecule has 0 aromatic heterocycles. The van der Waals surface area contributed by atoms with E-state index < -0.39 is 49.1 Å². The third-order valence-electron chi connectivity index (χ3n) is 3.45. The molecule has 112 valence electrons. The van der Waals surface area contributed by atoms with Gasteiger partial charge in [0.1, 0.15) is 15.9 Å². The molecule has 0 spiro atoms. The first-order valence-electron chi connectivity index (χ1n) is 6.03. The molecule has 8 heteroatoms. The minimum Gasteiger partial charge on any atom is -0.744 e. The molecule has 0 atom stereocenters. The van der Waals surface area contributed by atoms with Crippen LogP contribution in [0, 0.1) is 0 Å². The Balaban J connectivity index is 2.44. The van der Waals surface area contributed by atoms with Crippen LogP contribution in [0.5, 0.6) is 5.75 Å². The fourth-order valence-corrected chi connectivity index (χ4v) is 3.11. The standard InChI is InChI=1S/C14H9NO6S/c15-12-9(22(19,20)21)5-8(16)10-11(12)14(18)7-4-2-1-3-6(7)13(10)17/h1-5,16H,15H2,(H,19,20,21)/p-1. The van der Waals surface area contributed by atoms with Gasteiger partial charge in [0.2, 0.25) is 0 Å². The van der Waals surface area contributed by atoms with Gasteiger partial charge in [0.15, 0.2) is 11.6 Å². The van der Waals surface area contributed by atoms with E-state index in [4.69, 9.17) is 5.73 Å². The predicted octanol–water partition coefficient (Wildman–Crippen LogP) is 0.654. The summed E-state index contributed by atoms with van der Waals surface area (Å²) >= 11 is 0. The van der Waals surface area contributed by atoms with Gasteiger partial charge in [-0.1, -0.05) is 24.3 Å². The van der Waals surface area contributed by atoms with Gasteiger partial charge in [-0.05, 0) is 0 Å². The number of hydrogen-bond acceptors (Lipinski definition) is 7. The third-order valence-corrected chi connectivity index (χ3v) is 4.32. The van der Waals surface area contributed by atoms with Crippen molar-refractivity contribution in [1.29, 1.82) is 0 Å². The molecule has 0 unspecified atom stereocenters. The second kappa shape index (κ2) is 4.39. The highest BCUT2D eigenvalue weighted by molar-refractivity contribution is 7.86. The Bertz CT molecular complexity index is 962. The smallest absolute Gasteiger partial charge is 0.198 e. The molecule has 0 saturated carbocycles. The number of phenols is 1. The molecule has 0 saturated heterocycles. The van der Waals surface area contributed by atoms with Crippen molar-refractivity contribution >= 4 is 27.4 Å². The zero-order chi connectivity index (χ0) is 16.2. The molecule has 0 amide bonds. The lowest BCUT2D eigenvalue weighted by Gasteiger charge is -2.22. The number of carbonyl (C=O) groups excluding carboxylic acids is 2. The summed E-state index contributed by atoms with van der Waals surface area (Å²) in [5, 5.41) is 9.91. The van der Waals surface area contributed by atoms with Gasteiger partial charge in [0.05, 0.1) is 21.7 Å². The molecule has 2 aromatic carbocycles. The second-order valence-electron chi connectivity index (χ2n) is 4.72. The molecule has 7 nitrogen and oxygen atoms in total. The lowest BCUT2D eigenvalue weighted by molar-refractivity contribution is 0.0977. The maximum atomic E-state index is 12.5. The Hall–Kier alpha value is -2.71. The molecule has 1 aliphatic carbocycles. The molecule has 0 heterocycles. The highest BCUT2D eigenvalue weighted by Gasteiger charge is 2.35. The maximum Gasteiger partial charge on any atom is 0.198 e. The van der Waals surface area contributed by atoms with E-state index in [1.54, 1.807) is 6.07 Å². The minimum atomic E-state index is -5.01. The van der Waals surface area contributed by atoms with Gasteiger partial charge in [-0.15, -0.1) is 0 Å². The van der Waals surface area contributed by atoms with E-state index in [1.807, 2.05) is 0 Å². The van der Waals surface area contributed by atoms with E-state index in [0.29, 0.717) is 6.07 Å². The molecule has 0 fully saturated rings. The summed E-state index contributed by atoms with van der Waals surface area (Å²) in [6.45, 7) is 0. The number of nitrogen functional groups attached to an aromatic ring is 1. The molecular formula is C14H8NO6S-. The monoisotopic (exact) mass is 318 g/mol. The lowest BCUT2D eigenvalue weighted by atomic mass is 9.83. The summed E-state index contributed by atoms with van der Waals surface area (Å²) < 4.78 is 33.5. The van der Waals surface area contributed by atoms with Crippen molar-refractivity contribution in [1.82, 2.24) is 0 Å². The summed E-state index contributed by atoms with van der Waals surface area (Å²) in [5.74, 6) is -2.15. The van der Waals surface area contributed by atoms with Gasteiger partial charge in [-0.2, -0.15) is 0 Å². The van der Waals surface area contributed by atoms with E-state index >= 15 is 0 Å². The Kier molecular flexibility index (Phi) is 2.84. The van der Waals surface area contributed by atoms with E-state index in [2.05, 4.69) is 0 Å². The van der Waals surface area contributed by atoms with Crippen LogP contribution in [0.1, 0.15) is 31.8 Å². The van der Waals surface area contributed by atoms with Crippen molar-refractivity contribution in [2.45, 2.75) is 4.90 Å². The molecule has 22 heavy (non-hydrogen) atoms. The Morgan fingerprint density at radius 2 is 1.50 bits per heavy atom. The predicted molar refractivity (Wildman–Crippen MR) is 73.8 cm³/mol. The van der Waals surface area contributed by atoms with E-state index in [0.717, 1.165) is 0 Å². The van der Waals surface area contributed by atoms with Crippen LogP contribution >= 0.6 is 0 Å². The summed E-state index contributed by atoms with van der Waals surface area (Å²) in [5.41, 5.74) is 4.23. The number of fused-ring (bicyclic) bond motifs is 2. The first kappa shape index (κ1) is 14.2. The van der Waals surface area contributed by atoms with Gasteiger partial charge >= 0.3 is 0 Å². The number of hydrogen-bond donors (Lipinski definition) is 2. The maximum absolute atomic E-state index is 12.5. The Morgan fingerprint density at radius 1 is 1.00 bits per heavy atom. The fraction of sp³-hybridized carbons (Fsp3) is 0. The van der Waals surface area contributed by atoms with Crippen LogP contribution < -0.4 is 5.73 Å². The average molecular weight is 318 g/mol. The number of anilines is 1. The Labute approximate surface area is 124 Å². The van der Waals surface area contributed by atoms with Crippen LogP contribution in [0.25, 0.3) is 0 Å². The highest BCUT2D eigenvalue weighted by Crippen LogP contribution is 2.39. The van der Waals surface area contributed by atoms with E-state index in [-0.39, 0.29) is 11.1 Å². The SMILES string of the molecule is Nc1c(S(=O)(=O)[O-])cc(O)c2c1C(=O)c1ccccc1C2=O. The summed E-state index contributed by atoms with van der Waals surface area (Å²) in [6.07, 6.45) is 0. The first-order chi connectivity index (χ1) is 10.2. The molecule has 1 aliphatic rings. The van der Waals surface area contributed by atoms with Crippen LogP contribution in [0.15, 0.2) is 35.2 Å². The van der Waals surface area contributed by atoms with Crippen LogP contribution in [0.4, 0.5) is 5.69 Å². The molecule has 3 rings (SSSR count). The van der Waals surface area contributed by atoms with Crippen molar-refractivity contribution < 1.29 is 27.7 Å². The molecule has 0 bridgehead atoms. The van der Waals surface area contributed by atoms with E-state index in [1.165, 1.54) is 18.2 Å². The van der Waals surface area contributed by atoms with Crippen LogP contribution in [-0.4, -0.2) is 29.6 Å². The highest BCUT2D eigenvalue weighted by atomic mass is 32.2. The van der Waals surface area contributed by atoms with Crippen LogP contribution in [0.2, 0.25) is 0 Å². The number of benzene rings is 2. The molecule has 0 radical (unpaired) electrons. The van der Waals surface area contributed by atoms with Gasteiger partial charge in [0.25, 0.3) is 0 Å². The van der Waals surface area contributed by atoms with E-state index in [9.17, 15) is 27.7 Å². The largest absolute Gasteiger partial charge is 0.744 e. The number of aromatic hydroxyl groups is 1. The number of carbonyl (C=O) groups is 2. The van der Waals surface area contributed by atoms with Crippen LogP contribution in [-0.2, 0) is 10.1 Å². The van der Waals surface area contributed by atoms with Crippen LogP contribution in [0.3, 0.4) is 0 Å². The third kappa shape index (κ3) is 1.81. The Morgan fingerprint density at radius 3 is 2.00 bits per heavy atom.